The Bertz CT molecular complexity index is 451. The Morgan fingerprint density at radius 1 is 1.56 bits per heavy atom. The van der Waals surface area contributed by atoms with Crippen LogP contribution in [0.3, 0.4) is 0 Å². The molecule has 0 aliphatic rings. The third-order valence-electron chi connectivity index (χ3n) is 2.93. The molecule has 2 aromatic heterocycles. The van der Waals surface area contributed by atoms with Crippen LogP contribution in [0.4, 0.5) is 0 Å². The molecular formula is C13H19N3S2. The van der Waals surface area contributed by atoms with E-state index in [1.165, 1.54) is 16.9 Å². The van der Waals surface area contributed by atoms with Crippen molar-refractivity contribution >= 4 is 23.1 Å². The third-order valence-corrected chi connectivity index (χ3v) is 4.86. The predicted molar refractivity (Wildman–Crippen MR) is 81.2 cm³/mol. The third kappa shape index (κ3) is 3.60. The summed E-state index contributed by atoms with van der Waals surface area (Å²) in [5.41, 5.74) is 2.39. The van der Waals surface area contributed by atoms with Crippen molar-refractivity contribution in [3.05, 3.63) is 29.3 Å². The van der Waals surface area contributed by atoms with Crippen LogP contribution in [-0.4, -0.2) is 28.2 Å². The summed E-state index contributed by atoms with van der Waals surface area (Å²) in [7, 11) is 0. The Kier molecular flexibility index (Phi) is 5.28. The molecule has 18 heavy (non-hydrogen) atoms. The summed E-state index contributed by atoms with van der Waals surface area (Å²) in [6, 6.07) is 4.19. The molecular weight excluding hydrogens is 262 g/mol. The fourth-order valence-corrected chi connectivity index (χ4v) is 2.83. The van der Waals surface area contributed by atoms with E-state index in [1.54, 1.807) is 11.3 Å². The molecule has 2 aromatic rings. The first kappa shape index (κ1) is 13.6. The molecule has 1 atom stereocenters. The van der Waals surface area contributed by atoms with Gasteiger partial charge in [0.1, 0.15) is 0 Å². The smallest absolute Gasteiger partial charge is 0.0794 e. The minimum Gasteiger partial charge on any atom is -0.312 e. The first-order valence-corrected chi connectivity index (χ1v) is 8.27. The van der Waals surface area contributed by atoms with Gasteiger partial charge >= 0.3 is 0 Å². The Balaban J connectivity index is 1.85. The highest BCUT2D eigenvalue weighted by Gasteiger charge is 2.08. The van der Waals surface area contributed by atoms with Crippen molar-refractivity contribution in [2.75, 3.05) is 12.8 Å². The topological polar surface area (TPSA) is 40.7 Å². The molecule has 0 amide bonds. The lowest BCUT2D eigenvalue weighted by Gasteiger charge is -2.08. The second-order valence-electron chi connectivity index (χ2n) is 4.26. The maximum absolute atomic E-state index is 4.15. The summed E-state index contributed by atoms with van der Waals surface area (Å²) in [6.45, 7) is 4.20. The van der Waals surface area contributed by atoms with Crippen LogP contribution in [0.25, 0.3) is 10.6 Å². The molecule has 2 N–H and O–H groups in total. The second-order valence-corrected chi connectivity index (χ2v) is 6.48. The molecule has 0 aromatic carbocycles. The summed E-state index contributed by atoms with van der Waals surface area (Å²) < 4.78 is 0. The summed E-state index contributed by atoms with van der Waals surface area (Å²) in [6.07, 6.45) is 5.28. The molecule has 0 saturated carbocycles. The van der Waals surface area contributed by atoms with E-state index in [-0.39, 0.29) is 0 Å². The molecule has 3 nitrogen and oxygen atoms in total. The van der Waals surface area contributed by atoms with Crippen LogP contribution in [0.15, 0.2) is 23.7 Å². The van der Waals surface area contributed by atoms with E-state index in [9.17, 15) is 0 Å². The van der Waals surface area contributed by atoms with E-state index in [0.717, 1.165) is 24.0 Å². The normalized spacial score (nSPS) is 12.8. The van der Waals surface area contributed by atoms with Crippen LogP contribution < -0.4 is 5.32 Å². The lowest BCUT2D eigenvalue weighted by molar-refractivity contribution is 0.649. The van der Waals surface area contributed by atoms with E-state index in [4.69, 9.17) is 0 Å². The summed E-state index contributed by atoms with van der Waals surface area (Å²) in [5.74, 6) is 0. The Labute approximate surface area is 116 Å². The zero-order valence-corrected chi connectivity index (χ0v) is 12.4. The molecule has 0 radical (unpaired) electrons. The van der Waals surface area contributed by atoms with Crippen molar-refractivity contribution < 1.29 is 0 Å². The molecule has 0 bridgehead atoms. The highest BCUT2D eigenvalue weighted by molar-refractivity contribution is 7.99. The molecule has 2 heterocycles. The van der Waals surface area contributed by atoms with Crippen molar-refractivity contribution in [3.63, 3.8) is 0 Å². The average Bonchev–Trinajstić information content (AvgIpc) is 3.04. The molecule has 0 fully saturated rings. The lowest BCUT2D eigenvalue weighted by atomic mass is 10.2. The number of rotatable bonds is 7. The van der Waals surface area contributed by atoms with E-state index < -0.39 is 0 Å². The molecule has 0 saturated heterocycles. The van der Waals surface area contributed by atoms with E-state index in [0.29, 0.717) is 0 Å². The number of H-pyrrole nitrogens is 1. The fourth-order valence-electron chi connectivity index (χ4n) is 1.73. The molecule has 2 rings (SSSR count). The van der Waals surface area contributed by atoms with Crippen LogP contribution in [0.2, 0.25) is 0 Å². The molecule has 98 valence electrons. The predicted octanol–water partition coefficient (Wildman–Crippen LogP) is 3.37. The van der Waals surface area contributed by atoms with Gasteiger partial charge in [0.15, 0.2) is 0 Å². The van der Waals surface area contributed by atoms with Gasteiger partial charge in [0.05, 0.1) is 16.8 Å². The molecule has 1 unspecified atom stereocenters. The van der Waals surface area contributed by atoms with E-state index in [2.05, 4.69) is 46.2 Å². The van der Waals surface area contributed by atoms with Gasteiger partial charge in [-0.3, -0.25) is 5.10 Å². The quantitative estimate of drug-likeness (QED) is 0.765. The monoisotopic (exact) mass is 281 g/mol. The number of aromatic amines is 1. The maximum Gasteiger partial charge on any atom is 0.0794 e. The van der Waals surface area contributed by atoms with Crippen LogP contribution in [0.1, 0.15) is 18.9 Å². The van der Waals surface area contributed by atoms with Gasteiger partial charge in [-0.2, -0.15) is 16.9 Å². The fraction of sp³-hybridized carbons (Fsp3) is 0.462. The maximum atomic E-state index is 4.15. The summed E-state index contributed by atoms with van der Waals surface area (Å²) in [4.78, 5) is 1.25. The summed E-state index contributed by atoms with van der Waals surface area (Å²) >= 11 is 3.66. The second kappa shape index (κ2) is 6.97. The average molecular weight is 281 g/mol. The van der Waals surface area contributed by atoms with Crippen molar-refractivity contribution in [1.29, 1.82) is 0 Å². The zero-order chi connectivity index (χ0) is 12.8. The number of hydrogen-bond donors (Lipinski definition) is 2. The Morgan fingerprint density at radius 2 is 2.44 bits per heavy atom. The minimum absolute atomic E-state index is 0.721. The standard InChI is InChI=1S/C13H19N3S2/c1-10(17-2)5-6-14-8-11-9-15-16-13(11)12-4-3-7-18-12/h3-4,7,9-10,14H,5-6,8H2,1-2H3,(H,15,16). The number of aromatic nitrogens is 2. The van der Waals surface area contributed by atoms with Crippen molar-refractivity contribution in [1.82, 2.24) is 15.5 Å². The van der Waals surface area contributed by atoms with Crippen molar-refractivity contribution in [3.8, 4) is 10.6 Å². The highest BCUT2D eigenvalue weighted by atomic mass is 32.2. The van der Waals surface area contributed by atoms with Gasteiger partial charge < -0.3 is 5.32 Å². The number of nitrogens with one attached hydrogen (secondary N) is 2. The van der Waals surface area contributed by atoms with Gasteiger partial charge in [-0.15, -0.1) is 11.3 Å². The Morgan fingerprint density at radius 3 is 3.17 bits per heavy atom. The number of hydrogen-bond acceptors (Lipinski definition) is 4. The van der Waals surface area contributed by atoms with Gasteiger partial charge in [0.25, 0.3) is 0 Å². The van der Waals surface area contributed by atoms with Crippen LogP contribution in [-0.2, 0) is 6.54 Å². The lowest BCUT2D eigenvalue weighted by Crippen LogP contribution is -2.17. The van der Waals surface area contributed by atoms with Gasteiger partial charge in [-0.1, -0.05) is 13.0 Å². The zero-order valence-electron chi connectivity index (χ0n) is 10.8. The first-order valence-electron chi connectivity index (χ1n) is 6.11. The minimum atomic E-state index is 0.721. The van der Waals surface area contributed by atoms with Crippen molar-refractivity contribution in [2.45, 2.75) is 25.1 Å². The van der Waals surface area contributed by atoms with Gasteiger partial charge in [0.2, 0.25) is 0 Å². The largest absolute Gasteiger partial charge is 0.312 e. The van der Waals surface area contributed by atoms with Crippen LogP contribution >= 0.6 is 23.1 Å². The molecule has 0 spiro atoms. The van der Waals surface area contributed by atoms with Crippen LogP contribution in [0.5, 0.6) is 0 Å². The molecule has 0 aliphatic heterocycles. The van der Waals surface area contributed by atoms with Crippen LogP contribution in [0, 0.1) is 0 Å². The summed E-state index contributed by atoms with van der Waals surface area (Å²) in [5, 5.41) is 13.5. The SMILES string of the molecule is CSC(C)CCNCc1cn[nH]c1-c1cccs1. The van der Waals surface area contributed by atoms with Gasteiger partial charge in [-0.25, -0.2) is 0 Å². The molecule has 0 aliphatic carbocycles. The van der Waals surface area contributed by atoms with E-state index >= 15 is 0 Å². The highest BCUT2D eigenvalue weighted by Crippen LogP contribution is 2.25. The number of thiophene rings is 1. The van der Waals surface area contributed by atoms with E-state index in [1.807, 2.05) is 18.0 Å². The Hall–Kier alpha value is -0.780. The first-order chi connectivity index (χ1) is 8.81. The van der Waals surface area contributed by atoms with Gasteiger partial charge in [-0.05, 0) is 30.7 Å². The van der Waals surface area contributed by atoms with Crippen molar-refractivity contribution in [2.24, 2.45) is 0 Å². The molecule has 5 heteroatoms. The number of nitrogens with zero attached hydrogens (tertiary/aromatic N) is 1. The van der Waals surface area contributed by atoms with Gasteiger partial charge in [0, 0.05) is 17.4 Å². The number of thioether (sulfide) groups is 1.